The van der Waals surface area contributed by atoms with Crippen molar-refractivity contribution in [2.45, 2.75) is 173 Å². The SMILES string of the molecule is CC1CCC(N(C2CCC(C)CC2)C2CCC(C=C(C3CCC(CCO)CC3)C3CCC(CCO)CC3)CC2)CC1. The van der Waals surface area contributed by atoms with Crippen LogP contribution in [0.2, 0.25) is 0 Å². The van der Waals surface area contributed by atoms with Gasteiger partial charge in [-0.1, -0.05) is 25.5 Å². The maximum absolute atomic E-state index is 9.50. The Morgan fingerprint density at radius 2 is 0.878 bits per heavy atom. The first kappa shape index (κ1) is 32.0. The van der Waals surface area contributed by atoms with Crippen molar-refractivity contribution in [3.05, 3.63) is 11.6 Å². The van der Waals surface area contributed by atoms with Gasteiger partial charge in [-0.2, -0.15) is 0 Å². The molecule has 0 spiro atoms. The first-order valence-corrected chi connectivity index (χ1v) is 18.7. The number of hydrogen-bond acceptors (Lipinski definition) is 3. The van der Waals surface area contributed by atoms with E-state index in [1.54, 1.807) is 0 Å². The summed E-state index contributed by atoms with van der Waals surface area (Å²) in [5.41, 5.74) is 1.87. The summed E-state index contributed by atoms with van der Waals surface area (Å²) in [6.07, 6.45) is 32.9. The van der Waals surface area contributed by atoms with Crippen LogP contribution in [0.15, 0.2) is 11.6 Å². The van der Waals surface area contributed by atoms with E-state index in [4.69, 9.17) is 0 Å². The summed E-state index contributed by atoms with van der Waals surface area (Å²) >= 11 is 0. The van der Waals surface area contributed by atoms with Crippen LogP contribution in [0, 0.1) is 41.4 Å². The van der Waals surface area contributed by atoms with E-state index in [1.165, 1.54) is 128 Å². The van der Waals surface area contributed by atoms with Gasteiger partial charge in [0.2, 0.25) is 0 Å². The van der Waals surface area contributed by atoms with Crippen molar-refractivity contribution in [1.82, 2.24) is 4.90 Å². The van der Waals surface area contributed by atoms with E-state index in [0.29, 0.717) is 13.2 Å². The van der Waals surface area contributed by atoms with Gasteiger partial charge >= 0.3 is 0 Å². The zero-order chi connectivity index (χ0) is 28.6. The van der Waals surface area contributed by atoms with Crippen molar-refractivity contribution in [3.8, 4) is 0 Å². The fraction of sp³-hybridized carbons (Fsp3) is 0.947. The van der Waals surface area contributed by atoms with Gasteiger partial charge in [0.05, 0.1) is 0 Å². The topological polar surface area (TPSA) is 43.7 Å². The lowest BCUT2D eigenvalue weighted by Gasteiger charge is -2.49. The quantitative estimate of drug-likeness (QED) is 0.258. The molecule has 0 unspecified atom stereocenters. The van der Waals surface area contributed by atoms with E-state index >= 15 is 0 Å². The second kappa shape index (κ2) is 16.1. The number of allylic oxidation sites excluding steroid dienone is 2. The highest BCUT2D eigenvalue weighted by Gasteiger charge is 2.38. The van der Waals surface area contributed by atoms with Crippen molar-refractivity contribution < 1.29 is 10.2 Å². The molecule has 0 bridgehead atoms. The largest absolute Gasteiger partial charge is 0.396 e. The van der Waals surface area contributed by atoms with Crippen LogP contribution in [-0.2, 0) is 0 Å². The molecule has 5 fully saturated rings. The van der Waals surface area contributed by atoms with Gasteiger partial charge in [0.25, 0.3) is 0 Å². The molecule has 0 aromatic carbocycles. The van der Waals surface area contributed by atoms with E-state index < -0.39 is 0 Å². The lowest BCUT2D eigenvalue weighted by Crippen LogP contribution is -2.52. The van der Waals surface area contributed by atoms with Gasteiger partial charge in [-0.3, -0.25) is 4.90 Å². The fourth-order valence-corrected chi connectivity index (χ4v) is 10.4. The Hall–Kier alpha value is -0.380. The number of rotatable bonds is 10. The molecule has 5 saturated carbocycles. The van der Waals surface area contributed by atoms with Gasteiger partial charge in [-0.05, 0) is 183 Å². The summed E-state index contributed by atoms with van der Waals surface area (Å²) in [5.74, 6) is 5.78. The molecule has 5 aliphatic rings. The van der Waals surface area contributed by atoms with Crippen LogP contribution in [0.4, 0.5) is 0 Å². The van der Waals surface area contributed by atoms with Crippen LogP contribution >= 0.6 is 0 Å². The third-order valence-electron chi connectivity index (χ3n) is 13.1. The molecule has 0 saturated heterocycles. The minimum atomic E-state index is 0.368. The lowest BCUT2D eigenvalue weighted by molar-refractivity contribution is 0.00805. The predicted molar refractivity (Wildman–Crippen MR) is 173 cm³/mol. The Balaban J connectivity index is 1.24. The van der Waals surface area contributed by atoms with Crippen LogP contribution < -0.4 is 0 Å². The minimum Gasteiger partial charge on any atom is -0.396 e. The van der Waals surface area contributed by atoms with Gasteiger partial charge in [-0.15, -0.1) is 0 Å². The average molecular weight is 570 g/mol. The highest BCUT2D eigenvalue weighted by Crippen LogP contribution is 2.45. The van der Waals surface area contributed by atoms with Crippen molar-refractivity contribution in [2.24, 2.45) is 41.4 Å². The van der Waals surface area contributed by atoms with Crippen LogP contribution in [0.3, 0.4) is 0 Å². The maximum Gasteiger partial charge on any atom is 0.0433 e. The van der Waals surface area contributed by atoms with Crippen molar-refractivity contribution in [1.29, 1.82) is 0 Å². The molecular formula is C38H67NO2. The van der Waals surface area contributed by atoms with Gasteiger partial charge in [0.15, 0.2) is 0 Å². The van der Waals surface area contributed by atoms with Crippen LogP contribution in [0.25, 0.3) is 0 Å². The van der Waals surface area contributed by atoms with Gasteiger partial charge in [0, 0.05) is 31.3 Å². The van der Waals surface area contributed by atoms with E-state index in [2.05, 4.69) is 24.8 Å². The molecule has 0 amide bonds. The number of aliphatic hydroxyl groups is 2. The molecule has 5 rings (SSSR count). The molecule has 0 aromatic rings. The van der Waals surface area contributed by atoms with Crippen LogP contribution in [0.1, 0.15) is 155 Å². The second-order valence-corrected chi connectivity index (χ2v) is 16.0. The summed E-state index contributed by atoms with van der Waals surface area (Å²) in [5, 5.41) is 19.0. The number of hydrogen-bond donors (Lipinski definition) is 2. The molecule has 0 heterocycles. The average Bonchev–Trinajstić information content (AvgIpc) is 3.00. The first-order valence-electron chi connectivity index (χ1n) is 18.7. The van der Waals surface area contributed by atoms with E-state index in [9.17, 15) is 10.2 Å². The fourth-order valence-electron chi connectivity index (χ4n) is 10.4. The van der Waals surface area contributed by atoms with Crippen molar-refractivity contribution in [3.63, 3.8) is 0 Å². The van der Waals surface area contributed by atoms with Gasteiger partial charge in [0.1, 0.15) is 0 Å². The molecule has 0 radical (unpaired) electrons. The molecule has 2 N–H and O–H groups in total. The van der Waals surface area contributed by atoms with Crippen LogP contribution in [0.5, 0.6) is 0 Å². The maximum atomic E-state index is 9.50. The van der Waals surface area contributed by atoms with Crippen molar-refractivity contribution >= 4 is 0 Å². The monoisotopic (exact) mass is 570 g/mol. The summed E-state index contributed by atoms with van der Waals surface area (Å²) < 4.78 is 0. The Morgan fingerprint density at radius 3 is 1.24 bits per heavy atom. The first-order chi connectivity index (χ1) is 20.0. The standard InChI is InChI=1S/C38H67NO2/c1-28-3-17-35(18-4-28)39(36-19-5-29(2)6-20-36)37-21-11-32(12-22-37)27-38(33-13-7-30(8-14-33)23-25-40)34-15-9-31(10-16-34)24-26-41/h27-37,40-41H,3-26H2,1-2H3. The number of nitrogens with zero attached hydrogens (tertiary/aromatic N) is 1. The Labute approximate surface area is 254 Å². The third kappa shape index (κ3) is 8.85. The Bertz CT molecular complexity index is 705. The second-order valence-electron chi connectivity index (χ2n) is 16.0. The molecule has 3 nitrogen and oxygen atoms in total. The minimum absolute atomic E-state index is 0.368. The zero-order valence-corrected chi connectivity index (χ0v) is 27.2. The predicted octanol–water partition coefficient (Wildman–Crippen LogP) is 9.31. The highest BCUT2D eigenvalue weighted by atomic mass is 16.3. The molecule has 0 aliphatic heterocycles. The van der Waals surface area contributed by atoms with E-state index in [1.807, 2.05) is 5.57 Å². The molecule has 236 valence electrons. The molecule has 41 heavy (non-hydrogen) atoms. The molecular weight excluding hydrogens is 502 g/mol. The zero-order valence-electron chi connectivity index (χ0n) is 27.2. The lowest BCUT2D eigenvalue weighted by atomic mass is 9.68. The molecule has 3 heteroatoms. The normalized spacial score (nSPS) is 40.8. The van der Waals surface area contributed by atoms with Crippen molar-refractivity contribution in [2.75, 3.05) is 13.2 Å². The summed E-state index contributed by atoms with van der Waals surface area (Å²) in [6, 6.07) is 2.56. The van der Waals surface area contributed by atoms with Crippen LogP contribution in [-0.4, -0.2) is 46.5 Å². The Morgan fingerprint density at radius 1 is 0.512 bits per heavy atom. The van der Waals surface area contributed by atoms with E-state index in [-0.39, 0.29) is 0 Å². The number of aliphatic hydroxyl groups excluding tert-OH is 2. The Kier molecular flexibility index (Phi) is 12.6. The molecule has 0 atom stereocenters. The molecule has 0 aromatic heterocycles. The van der Waals surface area contributed by atoms with E-state index in [0.717, 1.165) is 72.4 Å². The molecule has 5 aliphatic carbocycles. The summed E-state index contributed by atoms with van der Waals surface area (Å²) in [7, 11) is 0. The van der Waals surface area contributed by atoms with Gasteiger partial charge < -0.3 is 10.2 Å². The van der Waals surface area contributed by atoms with Gasteiger partial charge in [-0.25, -0.2) is 0 Å². The smallest absolute Gasteiger partial charge is 0.0433 e. The highest BCUT2D eigenvalue weighted by molar-refractivity contribution is 5.15. The summed E-state index contributed by atoms with van der Waals surface area (Å²) in [6.45, 7) is 5.70. The summed E-state index contributed by atoms with van der Waals surface area (Å²) in [4.78, 5) is 3.16. The third-order valence-corrected chi connectivity index (χ3v) is 13.1.